The molecule has 0 aromatic rings. The fourth-order valence-electron chi connectivity index (χ4n) is 3.96. The molecule has 20 heavy (non-hydrogen) atoms. The molecule has 3 nitrogen and oxygen atoms in total. The summed E-state index contributed by atoms with van der Waals surface area (Å²) in [5, 5.41) is 3.77. The van der Waals surface area contributed by atoms with Gasteiger partial charge in [-0.3, -0.25) is 4.90 Å². The molecule has 2 fully saturated rings. The van der Waals surface area contributed by atoms with E-state index in [0.29, 0.717) is 18.2 Å². The number of rotatable bonds is 5. The second kappa shape index (κ2) is 5.94. The van der Waals surface area contributed by atoms with Crippen molar-refractivity contribution >= 4 is 0 Å². The van der Waals surface area contributed by atoms with Gasteiger partial charge in [-0.05, 0) is 33.1 Å². The van der Waals surface area contributed by atoms with Crippen molar-refractivity contribution in [1.82, 2.24) is 10.2 Å². The summed E-state index contributed by atoms with van der Waals surface area (Å²) < 4.78 is 5.92. The standard InChI is InChI=1S/C17H34N2O/c1-7-13-11-18-17(6,8-2)12-19(13)14-10-15(20-9-3)16(14,4)5/h13-15,18H,7-12H2,1-6H3. The largest absolute Gasteiger partial charge is 0.378 e. The van der Waals surface area contributed by atoms with Gasteiger partial charge >= 0.3 is 0 Å². The maximum Gasteiger partial charge on any atom is 0.0655 e. The summed E-state index contributed by atoms with van der Waals surface area (Å²) in [6.07, 6.45) is 4.08. The Morgan fingerprint density at radius 3 is 2.40 bits per heavy atom. The Hall–Kier alpha value is -0.120. The lowest BCUT2D eigenvalue weighted by Gasteiger charge is -2.60. The first-order valence-electron chi connectivity index (χ1n) is 8.50. The third-order valence-corrected chi connectivity index (χ3v) is 5.91. The summed E-state index contributed by atoms with van der Waals surface area (Å²) in [5.74, 6) is 0. The van der Waals surface area contributed by atoms with Crippen molar-refractivity contribution in [3.05, 3.63) is 0 Å². The van der Waals surface area contributed by atoms with Gasteiger partial charge in [0.05, 0.1) is 6.10 Å². The lowest BCUT2D eigenvalue weighted by Crippen LogP contribution is -2.71. The van der Waals surface area contributed by atoms with E-state index in [1.165, 1.54) is 25.8 Å². The summed E-state index contributed by atoms with van der Waals surface area (Å²) in [6, 6.07) is 1.36. The number of hydrogen-bond acceptors (Lipinski definition) is 3. The Kier molecular flexibility index (Phi) is 4.83. The van der Waals surface area contributed by atoms with Gasteiger partial charge < -0.3 is 10.1 Å². The first-order valence-corrected chi connectivity index (χ1v) is 8.50. The Balaban J connectivity index is 2.09. The van der Waals surface area contributed by atoms with Crippen LogP contribution in [0.3, 0.4) is 0 Å². The first kappa shape index (κ1) is 16.3. The van der Waals surface area contributed by atoms with Crippen LogP contribution < -0.4 is 5.32 Å². The van der Waals surface area contributed by atoms with Crippen LogP contribution in [0.15, 0.2) is 0 Å². The van der Waals surface area contributed by atoms with E-state index in [1.54, 1.807) is 0 Å². The average molecular weight is 282 g/mol. The predicted octanol–water partition coefficient (Wildman–Crippen LogP) is 3.04. The fourth-order valence-corrected chi connectivity index (χ4v) is 3.96. The first-order chi connectivity index (χ1) is 9.38. The molecule has 3 heteroatoms. The maximum absolute atomic E-state index is 5.92. The molecular formula is C17H34N2O. The molecule has 1 aliphatic heterocycles. The summed E-state index contributed by atoms with van der Waals surface area (Å²) in [5.41, 5.74) is 0.563. The molecule has 1 saturated carbocycles. The molecule has 0 amide bonds. The minimum absolute atomic E-state index is 0.276. The van der Waals surface area contributed by atoms with Crippen molar-refractivity contribution in [2.45, 2.75) is 84.5 Å². The van der Waals surface area contributed by atoms with Crippen molar-refractivity contribution in [2.75, 3.05) is 19.7 Å². The number of hydrogen-bond donors (Lipinski definition) is 1. The number of piperazine rings is 1. The predicted molar refractivity (Wildman–Crippen MR) is 85.1 cm³/mol. The van der Waals surface area contributed by atoms with Gasteiger partial charge in [0.1, 0.15) is 0 Å². The number of ether oxygens (including phenoxy) is 1. The van der Waals surface area contributed by atoms with Gasteiger partial charge in [-0.25, -0.2) is 0 Å². The molecule has 0 aromatic carbocycles. The highest BCUT2D eigenvalue weighted by molar-refractivity contribution is 5.08. The van der Waals surface area contributed by atoms with Crippen LogP contribution in [0.1, 0.15) is 60.8 Å². The van der Waals surface area contributed by atoms with E-state index >= 15 is 0 Å². The zero-order valence-electron chi connectivity index (χ0n) is 14.3. The highest BCUT2D eigenvalue weighted by Gasteiger charge is 2.54. The molecule has 0 bridgehead atoms. The van der Waals surface area contributed by atoms with E-state index in [0.717, 1.165) is 13.2 Å². The molecule has 0 spiro atoms. The van der Waals surface area contributed by atoms with Crippen molar-refractivity contribution in [3.8, 4) is 0 Å². The molecule has 118 valence electrons. The van der Waals surface area contributed by atoms with Crippen LogP contribution in [-0.2, 0) is 4.74 Å². The molecule has 0 aromatic heterocycles. The molecule has 1 N–H and O–H groups in total. The molecular weight excluding hydrogens is 248 g/mol. The topological polar surface area (TPSA) is 24.5 Å². The molecule has 4 unspecified atom stereocenters. The second-order valence-corrected chi connectivity index (χ2v) is 7.55. The van der Waals surface area contributed by atoms with E-state index in [-0.39, 0.29) is 11.0 Å². The monoisotopic (exact) mass is 282 g/mol. The van der Waals surface area contributed by atoms with E-state index in [9.17, 15) is 0 Å². The van der Waals surface area contributed by atoms with E-state index in [2.05, 4.69) is 51.8 Å². The van der Waals surface area contributed by atoms with Crippen LogP contribution in [0.4, 0.5) is 0 Å². The summed E-state index contributed by atoms with van der Waals surface area (Å²) in [6.45, 7) is 17.0. The van der Waals surface area contributed by atoms with E-state index in [1.807, 2.05) is 0 Å². The smallest absolute Gasteiger partial charge is 0.0655 e. The minimum atomic E-state index is 0.276. The molecule has 1 heterocycles. The van der Waals surface area contributed by atoms with Gasteiger partial charge in [0.15, 0.2) is 0 Å². The molecule has 4 atom stereocenters. The number of nitrogens with one attached hydrogen (secondary N) is 1. The normalized spacial score (nSPS) is 41.4. The molecule has 1 saturated heterocycles. The van der Waals surface area contributed by atoms with Gasteiger partial charge in [-0.1, -0.05) is 27.7 Å². The third kappa shape index (κ3) is 2.77. The van der Waals surface area contributed by atoms with Crippen LogP contribution in [0.2, 0.25) is 0 Å². The van der Waals surface area contributed by atoms with Crippen LogP contribution in [0.5, 0.6) is 0 Å². The highest BCUT2D eigenvalue weighted by atomic mass is 16.5. The van der Waals surface area contributed by atoms with Crippen LogP contribution in [-0.4, -0.2) is 48.3 Å². The molecule has 2 rings (SSSR count). The summed E-state index contributed by atoms with van der Waals surface area (Å²) >= 11 is 0. The summed E-state index contributed by atoms with van der Waals surface area (Å²) in [7, 11) is 0. The van der Waals surface area contributed by atoms with E-state index in [4.69, 9.17) is 4.74 Å². The van der Waals surface area contributed by atoms with Gasteiger partial charge in [0.2, 0.25) is 0 Å². The van der Waals surface area contributed by atoms with Crippen LogP contribution >= 0.6 is 0 Å². The van der Waals surface area contributed by atoms with Gasteiger partial charge in [0, 0.05) is 42.7 Å². The van der Waals surface area contributed by atoms with Crippen LogP contribution in [0, 0.1) is 5.41 Å². The van der Waals surface area contributed by atoms with Gasteiger partial charge in [-0.15, -0.1) is 0 Å². The molecule has 1 aliphatic carbocycles. The SMILES string of the molecule is CCOC1CC(N2CC(C)(CC)NCC2CC)C1(C)C. The Labute approximate surface area is 125 Å². The van der Waals surface area contributed by atoms with Gasteiger partial charge in [-0.2, -0.15) is 0 Å². The van der Waals surface area contributed by atoms with Crippen molar-refractivity contribution < 1.29 is 4.74 Å². The molecule has 2 aliphatic rings. The minimum Gasteiger partial charge on any atom is -0.378 e. The Morgan fingerprint density at radius 2 is 1.90 bits per heavy atom. The molecule has 0 radical (unpaired) electrons. The summed E-state index contributed by atoms with van der Waals surface area (Å²) in [4.78, 5) is 2.79. The van der Waals surface area contributed by atoms with Crippen molar-refractivity contribution in [3.63, 3.8) is 0 Å². The average Bonchev–Trinajstić information content (AvgIpc) is 2.43. The quantitative estimate of drug-likeness (QED) is 0.839. The second-order valence-electron chi connectivity index (χ2n) is 7.55. The van der Waals surface area contributed by atoms with Crippen molar-refractivity contribution in [1.29, 1.82) is 0 Å². The zero-order chi connectivity index (χ0) is 15.0. The van der Waals surface area contributed by atoms with Crippen LogP contribution in [0.25, 0.3) is 0 Å². The third-order valence-electron chi connectivity index (χ3n) is 5.91. The van der Waals surface area contributed by atoms with Crippen molar-refractivity contribution in [2.24, 2.45) is 5.41 Å². The maximum atomic E-state index is 5.92. The lowest BCUT2D eigenvalue weighted by atomic mass is 9.63. The van der Waals surface area contributed by atoms with E-state index < -0.39 is 0 Å². The lowest BCUT2D eigenvalue weighted by molar-refractivity contribution is -0.167. The van der Waals surface area contributed by atoms with Gasteiger partial charge in [0.25, 0.3) is 0 Å². The zero-order valence-corrected chi connectivity index (χ0v) is 14.3. The fraction of sp³-hybridized carbons (Fsp3) is 1.00. The Bertz CT molecular complexity index is 331. The Morgan fingerprint density at radius 1 is 1.20 bits per heavy atom. The highest BCUT2D eigenvalue weighted by Crippen LogP contribution is 2.47. The number of nitrogens with zero attached hydrogens (tertiary/aromatic N) is 1.